The number of carboxylic acid groups (broad SMARTS) is 1. The lowest BCUT2D eigenvalue weighted by Crippen LogP contribution is -2.58. The van der Waals surface area contributed by atoms with Crippen molar-refractivity contribution in [1.82, 2.24) is 20.9 Å². The number of carbonyl (C=O) groups excluding carboxylic acids is 4. The highest BCUT2D eigenvalue weighted by Crippen LogP contribution is 2.13. The van der Waals surface area contributed by atoms with Crippen LogP contribution in [-0.4, -0.2) is 84.0 Å². The topological polar surface area (TPSA) is 163 Å². The zero-order valence-corrected chi connectivity index (χ0v) is 29.2. The fourth-order valence-corrected chi connectivity index (χ4v) is 5.81. The Morgan fingerprint density at radius 2 is 1.29 bits per heavy atom. The molecule has 0 radical (unpaired) electrons. The summed E-state index contributed by atoms with van der Waals surface area (Å²) in [4.78, 5) is 67.4. The number of morpholine rings is 1. The molecule has 1 saturated heterocycles. The van der Waals surface area contributed by atoms with Gasteiger partial charge in [-0.2, -0.15) is 0 Å². The zero-order chi connectivity index (χ0) is 36.6. The molecule has 4 N–H and O–H groups in total. The first-order valence-corrected chi connectivity index (χ1v) is 17.3. The van der Waals surface area contributed by atoms with E-state index >= 15 is 0 Å². The Morgan fingerprint density at radius 1 is 0.725 bits per heavy atom. The molecule has 3 atom stereocenters. The lowest BCUT2D eigenvalue weighted by atomic mass is 10.0. The van der Waals surface area contributed by atoms with Crippen LogP contribution in [0.5, 0.6) is 0 Å². The maximum atomic E-state index is 13.6. The highest BCUT2D eigenvalue weighted by Gasteiger charge is 2.33. The predicted molar refractivity (Wildman–Crippen MR) is 190 cm³/mol. The molecule has 2 unspecified atom stereocenters. The highest BCUT2D eigenvalue weighted by atomic mass is 16.5. The number of rotatable bonds is 18. The minimum Gasteiger partial charge on any atom is -0.481 e. The van der Waals surface area contributed by atoms with Crippen molar-refractivity contribution >= 4 is 29.6 Å². The van der Waals surface area contributed by atoms with Gasteiger partial charge in [0, 0.05) is 19.5 Å². The summed E-state index contributed by atoms with van der Waals surface area (Å²) < 4.78 is 11.2. The average molecular weight is 701 g/mol. The average Bonchev–Trinajstić information content (AvgIpc) is 3.11. The molecule has 0 aliphatic carbocycles. The van der Waals surface area contributed by atoms with Gasteiger partial charge in [-0.05, 0) is 34.6 Å². The molecule has 0 spiro atoms. The number of nitrogens with zero attached hydrogens (tertiary/aromatic N) is 1. The van der Waals surface area contributed by atoms with E-state index in [1.807, 2.05) is 98.8 Å². The quantitative estimate of drug-likeness (QED) is 0.157. The zero-order valence-electron chi connectivity index (χ0n) is 29.2. The van der Waals surface area contributed by atoms with Crippen molar-refractivity contribution in [3.63, 3.8) is 0 Å². The number of aliphatic carboxylic acids is 1. The van der Waals surface area contributed by atoms with Crippen LogP contribution >= 0.6 is 0 Å². The third-order valence-electron chi connectivity index (χ3n) is 8.33. The number of carboxylic acids is 1. The summed E-state index contributed by atoms with van der Waals surface area (Å²) in [7, 11) is 0. The van der Waals surface area contributed by atoms with Gasteiger partial charge in [0.15, 0.2) is 0 Å². The predicted octanol–water partition coefficient (Wildman–Crippen LogP) is 3.02. The van der Waals surface area contributed by atoms with Crippen LogP contribution in [0.4, 0.5) is 0 Å². The number of nitrogens with one attached hydrogen (secondary N) is 3. The second-order valence-electron chi connectivity index (χ2n) is 13.1. The van der Waals surface area contributed by atoms with Gasteiger partial charge in [-0.15, -0.1) is 0 Å². The van der Waals surface area contributed by atoms with E-state index in [2.05, 4.69) is 16.0 Å². The lowest BCUT2D eigenvalue weighted by Gasteiger charge is -2.31. The fraction of sp³-hybridized carbons (Fsp3) is 0.410. The second kappa shape index (κ2) is 19.9. The van der Waals surface area contributed by atoms with Crippen LogP contribution in [-0.2, 0) is 59.5 Å². The van der Waals surface area contributed by atoms with Crippen molar-refractivity contribution in [2.45, 2.75) is 70.9 Å². The molecular formula is C39H48N4O8. The molecule has 1 aliphatic rings. The first-order valence-electron chi connectivity index (χ1n) is 17.3. The maximum absolute atomic E-state index is 13.6. The lowest BCUT2D eigenvalue weighted by molar-refractivity contribution is -0.142. The van der Waals surface area contributed by atoms with E-state index in [9.17, 15) is 29.1 Å². The largest absolute Gasteiger partial charge is 0.481 e. The first-order chi connectivity index (χ1) is 24.6. The Morgan fingerprint density at radius 3 is 1.94 bits per heavy atom. The summed E-state index contributed by atoms with van der Waals surface area (Å²) in [5.41, 5.74) is 3.48. The molecule has 4 rings (SSSR count). The van der Waals surface area contributed by atoms with Crippen molar-refractivity contribution in [1.29, 1.82) is 0 Å². The number of ether oxygens (including phenoxy) is 2. The molecular weight excluding hydrogens is 652 g/mol. The minimum absolute atomic E-state index is 0.00173. The van der Waals surface area contributed by atoms with Crippen LogP contribution in [0.1, 0.15) is 48.9 Å². The molecule has 1 fully saturated rings. The van der Waals surface area contributed by atoms with Crippen LogP contribution in [0.2, 0.25) is 0 Å². The van der Waals surface area contributed by atoms with Crippen LogP contribution in [0, 0.1) is 5.92 Å². The normalized spacial score (nSPS) is 14.6. The molecule has 3 aromatic carbocycles. The summed E-state index contributed by atoms with van der Waals surface area (Å²) >= 11 is 0. The minimum atomic E-state index is -1.50. The molecule has 51 heavy (non-hydrogen) atoms. The van der Waals surface area contributed by atoms with Crippen LogP contribution in [0.15, 0.2) is 84.9 Å². The summed E-state index contributed by atoms with van der Waals surface area (Å²) in [6.45, 7) is 6.04. The summed E-state index contributed by atoms with van der Waals surface area (Å²) in [6, 6.07) is 22.9. The smallest absolute Gasteiger partial charge is 0.305 e. The molecule has 1 aliphatic heterocycles. The SMILES string of the molecule is CC(C)CC(NC(=O)Cc1cccc(COCc2ccccc2)c1)C(=O)N[C@@H](CC(=O)O)C(=O)NC(Cc1ccccc1)C(=O)N1CCOCC1. The standard InChI is InChI=1S/C39H48N4O8/c1-27(2)20-32(40-35(44)23-30-14-9-15-31(21-30)26-51-25-29-12-7-4-8-13-29)37(47)41-33(24-36(45)46)38(48)42-34(22-28-10-5-3-6-11-28)39(49)43-16-18-50-19-17-43/h3-15,21,27,32-34H,16-20,22-26H2,1-2H3,(H,40,44)(H,41,47)(H,42,48)(H,45,46)/t32?,33-,34?/m0/s1. The van der Waals surface area contributed by atoms with Crippen molar-refractivity contribution in [2.24, 2.45) is 5.92 Å². The Labute approximate surface area is 298 Å². The summed E-state index contributed by atoms with van der Waals surface area (Å²) in [6.07, 6.45) is -0.303. The molecule has 272 valence electrons. The van der Waals surface area contributed by atoms with Crippen molar-refractivity contribution in [2.75, 3.05) is 26.3 Å². The van der Waals surface area contributed by atoms with Gasteiger partial charge in [-0.1, -0.05) is 98.8 Å². The third kappa shape index (κ3) is 13.3. The van der Waals surface area contributed by atoms with Crippen molar-refractivity contribution in [3.05, 3.63) is 107 Å². The molecule has 12 nitrogen and oxygen atoms in total. The van der Waals surface area contributed by atoms with Gasteiger partial charge >= 0.3 is 5.97 Å². The molecule has 1 heterocycles. The number of amides is 4. The second-order valence-corrected chi connectivity index (χ2v) is 13.1. The van der Waals surface area contributed by atoms with E-state index in [1.54, 1.807) is 4.90 Å². The van der Waals surface area contributed by atoms with E-state index in [-0.39, 0.29) is 31.1 Å². The van der Waals surface area contributed by atoms with E-state index in [0.717, 1.165) is 22.3 Å². The Kier molecular flexibility index (Phi) is 15.1. The van der Waals surface area contributed by atoms with Crippen LogP contribution < -0.4 is 16.0 Å². The molecule has 12 heteroatoms. The Bertz CT molecular complexity index is 1590. The van der Waals surface area contributed by atoms with Gasteiger partial charge in [0.1, 0.15) is 18.1 Å². The summed E-state index contributed by atoms with van der Waals surface area (Å²) in [5, 5.41) is 17.7. The van der Waals surface area contributed by atoms with Gasteiger partial charge in [-0.3, -0.25) is 24.0 Å². The van der Waals surface area contributed by atoms with Crippen LogP contribution in [0.25, 0.3) is 0 Å². The Hall–Kier alpha value is -5.07. The maximum Gasteiger partial charge on any atom is 0.305 e. The van der Waals surface area contributed by atoms with E-state index < -0.39 is 48.2 Å². The highest BCUT2D eigenvalue weighted by molar-refractivity contribution is 5.96. The molecule has 0 aromatic heterocycles. The third-order valence-corrected chi connectivity index (χ3v) is 8.33. The van der Waals surface area contributed by atoms with Crippen LogP contribution in [0.3, 0.4) is 0 Å². The van der Waals surface area contributed by atoms with E-state index in [4.69, 9.17) is 9.47 Å². The molecule has 3 aromatic rings. The Balaban J connectivity index is 1.40. The van der Waals surface area contributed by atoms with E-state index in [0.29, 0.717) is 39.5 Å². The number of hydrogen-bond acceptors (Lipinski definition) is 7. The monoisotopic (exact) mass is 700 g/mol. The van der Waals surface area contributed by atoms with Gasteiger partial charge in [0.25, 0.3) is 0 Å². The first kappa shape index (κ1) is 38.7. The fourth-order valence-electron chi connectivity index (χ4n) is 5.81. The molecule has 0 bridgehead atoms. The number of hydrogen-bond donors (Lipinski definition) is 4. The van der Waals surface area contributed by atoms with E-state index in [1.165, 1.54) is 0 Å². The van der Waals surface area contributed by atoms with Gasteiger partial charge < -0.3 is 35.4 Å². The summed E-state index contributed by atoms with van der Waals surface area (Å²) in [5.74, 6) is -3.56. The van der Waals surface area contributed by atoms with Crippen molar-refractivity contribution in [3.8, 4) is 0 Å². The number of carbonyl (C=O) groups is 5. The van der Waals surface area contributed by atoms with Gasteiger partial charge in [0.2, 0.25) is 23.6 Å². The van der Waals surface area contributed by atoms with Gasteiger partial charge in [-0.25, -0.2) is 0 Å². The molecule has 0 saturated carbocycles. The number of benzene rings is 3. The van der Waals surface area contributed by atoms with Crippen molar-refractivity contribution < 1.29 is 38.6 Å². The molecule has 4 amide bonds. The van der Waals surface area contributed by atoms with Gasteiger partial charge in [0.05, 0.1) is 39.3 Å².